The summed E-state index contributed by atoms with van der Waals surface area (Å²) in [5.74, 6) is -0.613. The predicted molar refractivity (Wildman–Crippen MR) is 82.0 cm³/mol. The van der Waals surface area contributed by atoms with Gasteiger partial charge in [0.15, 0.2) is 0 Å². The Morgan fingerprint density at radius 1 is 1.29 bits per heavy atom. The average molecular weight is 330 g/mol. The fourth-order valence-corrected chi connectivity index (χ4v) is 2.92. The number of nitrogens with zero attached hydrogens (tertiary/aromatic N) is 1. The van der Waals surface area contributed by atoms with Crippen molar-refractivity contribution in [1.82, 2.24) is 4.90 Å². The topological polar surface area (TPSA) is 57.6 Å². The molecule has 21 heavy (non-hydrogen) atoms. The molecule has 1 aromatic carbocycles. The van der Waals surface area contributed by atoms with E-state index in [4.69, 9.17) is 28.3 Å². The second kappa shape index (κ2) is 7.14. The van der Waals surface area contributed by atoms with Crippen LogP contribution in [0.4, 0.5) is 0 Å². The van der Waals surface area contributed by atoms with Gasteiger partial charge in [0.1, 0.15) is 0 Å². The molecule has 0 bridgehead atoms. The smallest absolute Gasteiger partial charge is 0.303 e. The highest BCUT2D eigenvalue weighted by atomic mass is 35.5. The Hall–Kier alpha value is -1.26. The van der Waals surface area contributed by atoms with Gasteiger partial charge in [-0.25, -0.2) is 0 Å². The maximum absolute atomic E-state index is 12.5. The average Bonchev–Trinajstić information content (AvgIpc) is 2.47. The van der Waals surface area contributed by atoms with Crippen molar-refractivity contribution in [1.29, 1.82) is 0 Å². The lowest BCUT2D eigenvalue weighted by atomic mass is 9.93. The van der Waals surface area contributed by atoms with Gasteiger partial charge in [0.05, 0.1) is 10.0 Å². The summed E-state index contributed by atoms with van der Waals surface area (Å²) in [6.07, 6.45) is 2.63. The molecule has 0 aromatic heterocycles. The van der Waals surface area contributed by atoms with Crippen molar-refractivity contribution in [3.63, 3.8) is 0 Å². The van der Waals surface area contributed by atoms with Crippen molar-refractivity contribution in [2.45, 2.75) is 25.7 Å². The first-order chi connectivity index (χ1) is 9.97. The normalized spacial score (nSPS) is 18.6. The lowest BCUT2D eigenvalue weighted by Gasteiger charge is -2.32. The van der Waals surface area contributed by atoms with E-state index in [-0.39, 0.29) is 18.2 Å². The van der Waals surface area contributed by atoms with Crippen molar-refractivity contribution in [3.8, 4) is 0 Å². The van der Waals surface area contributed by atoms with Crippen LogP contribution in [0.5, 0.6) is 0 Å². The van der Waals surface area contributed by atoms with E-state index in [0.717, 1.165) is 12.8 Å². The molecular weight excluding hydrogens is 313 g/mol. The van der Waals surface area contributed by atoms with Gasteiger partial charge in [0, 0.05) is 25.1 Å². The van der Waals surface area contributed by atoms with E-state index in [1.54, 1.807) is 23.1 Å². The van der Waals surface area contributed by atoms with Gasteiger partial charge in [0.25, 0.3) is 5.91 Å². The van der Waals surface area contributed by atoms with Crippen LogP contribution in [0.15, 0.2) is 18.2 Å². The third kappa shape index (κ3) is 4.35. The summed E-state index contributed by atoms with van der Waals surface area (Å²) in [7, 11) is 0. The first-order valence-corrected chi connectivity index (χ1v) is 7.69. The van der Waals surface area contributed by atoms with Crippen LogP contribution < -0.4 is 0 Å². The van der Waals surface area contributed by atoms with Crippen LogP contribution in [0.3, 0.4) is 0 Å². The second-order valence-electron chi connectivity index (χ2n) is 5.32. The first-order valence-electron chi connectivity index (χ1n) is 6.93. The number of amides is 1. The van der Waals surface area contributed by atoms with Gasteiger partial charge < -0.3 is 10.0 Å². The maximum atomic E-state index is 12.5. The van der Waals surface area contributed by atoms with Gasteiger partial charge >= 0.3 is 5.97 Å². The van der Waals surface area contributed by atoms with Crippen LogP contribution in [0.2, 0.25) is 10.0 Å². The molecule has 2 rings (SSSR count). The van der Waals surface area contributed by atoms with Crippen molar-refractivity contribution in [2.24, 2.45) is 5.92 Å². The number of rotatable bonds is 4. The van der Waals surface area contributed by atoms with Crippen molar-refractivity contribution in [3.05, 3.63) is 33.8 Å². The monoisotopic (exact) mass is 329 g/mol. The summed E-state index contributed by atoms with van der Waals surface area (Å²) < 4.78 is 0. The molecule has 114 valence electrons. The minimum Gasteiger partial charge on any atom is -0.481 e. The number of carboxylic acids is 1. The van der Waals surface area contributed by atoms with Crippen LogP contribution in [-0.2, 0) is 4.79 Å². The number of carbonyl (C=O) groups excluding carboxylic acids is 1. The van der Waals surface area contributed by atoms with E-state index >= 15 is 0 Å². The van der Waals surface area contributed by atoms with E-state index in [0.29, 0.717) is 35.1 Å². The fourth-order valence-electron chi connectivity index (χ4n) is 2.62. The molecule has 1 heterocycles. The number of piperidine rings is 1. The molecule has 1 saturated heterocycles. The number of hydrogen-bond acceptors (Lipinski definition) is 2. The number of carbonyl (C=O) groups is 2. The number of aliphatic carboxylic acids is 1. The van der Waals surface area contributed by atoms with Crippen LogP contribution >= 0.6 is 23.2 Å². The summed E-state index contributed by atoms with van der Waals surface area (Å²) in [6, 6.07) is 4.85. The molecule has 1 aliphatic rings. The zero-order valence-electron chi connectivity index (χ0n) is 11.5. The molecule has 1 fully saturated rings. The highest BCUT2D eigenvalue weighted by Crippen LogP contribution is 2.26. The third-order valence-electron chi connectivity index (χ3n) is 3.74. The summed E-state index contributed by atoms with van der Waals surface area (Å²) in [5, 5.41) is 9.53. The molecule has 1 atom stereocenters. The Balaban J connectivity index is 2.01. The molecule has 0 saturated carbocycles. The van der Waals surface area contributed by atoms with Crippen molar-refractivity contribution in [2.75, 3.05) is 13.1 Å². The standard InChI is InChI=1S/C15H17Cl2NO3/c16-12-5-4-11(8-13(12)17)15(21)18-7-1-2-10(9-18)3-6-14(19)20/h4-5,8,10H,1-3,6-7,9H2,(H,19,20)/t10-/m1/s1. The summed E-state index contributed by atoms with van der Waals surface area (Å²) in [4.78, 5) is 24.9. The van der Waals surface area contributed by atoms with Gasteiger partial charge in [-0.3, -0.25) is 9.59 Å². The van der Waals surface area contributed by atoms with Gasteiger partial charge in [-0.1, -0.05) is 23.2 Å². The zero-order chi connectivity index (χ0) is 15.4. The lowest BCUT2D eigenvalue weighted by Crippen LogP contribution is -2.40. The fraction of sp³-hybridized carbons (Fsp3) is 0.467. The van der Waals surface area contributed by atoms with Gasteiger partial charge in [-0.15, -0.1) is 0 Å². The quantitative estimate of drug-likeness (QED) is 0.915. The molecule has 0 aliphatic carbocycles. The van der Waals surface area contributed by atoms with Crippen LogP contribution in [0.1, 0.15) is 36.0 Å². The lowest BCUT2D eigenvalue weighted by molar-refractivity contribution is -0.137. The summed E-state index contributed by atoms with van der Waals surface area (Å²) in [5.41, 5.74) is 0.517. The van der Waals surface area contributed by atoms with E-state index in [1.165, 1.54) is 0 Å². The number of carboxylic acid groups (broad SMARTS) is 1. The Kier molecular flexibility index (Phi) is 5.48. The molecule has 4 nitrogen and oxygen atoms in total. The van der Waals surface area contributed by atoms with Gasteiger partial charge in [-0.2, -0.15) is 0 Å². The largest absolute Gasteiger partial charge is 0.481 e. The third-order valence-corrected chi connectivity index (χ3v) is 4.48. The highest BCUT2D eigenvalue weighted by Gasteiger charge is 2.25. The van der Waals surface area contributed by atoms with E-state index in [1.807, 2.05) is 0 Å². The van der Waals surface area contributed by atoms with E-state index in [9.17, 15) is 9.59 Å². The van der Waals surface area contributed by atoms with Crippen molar-refractivity contribution >= 4 is 35.1 Å². The predicted octanol–water partition coefficient (Wildman–Crippen LogP) is 3.71. The Labute approximate surface area is 133 Å². The SMILES string of the molecule is O=C(O)CC[C@H]1CCCN(C(=O)c2ccc(Cl)c(Cl)c2)C1. The highest BCUT2D eigenvalue weighted by molar-refractivity contribution is 6.42. The van der Waals surface area contributed by atoms with E-state index in [2.05, 4.69) is 0 Å². The van der Waals surface area contributed by atoms with Gasteiger partial charge in [0.2, 0.25) is 0 Å². The molecule has 1 aliphatic heterocycles. The molecular formula is C15H17Cl2NO3. The van der Waals surface area contributed by atoms with Crippen LogP contribution in [-0.4, -0.2) is 35.0 Å². The number of hydrogen-bond donors (Lipinski definition) is 1. The summed E-state index contributed by atoms with van der Waals surface area (Å²) >= 11 is 11.8. The Morgan fingerprint density at radius 3 is 2.71 bits per heavy atom. The Bertz CT molecular complexity index is 548. The molecule has 0 unspecified atom stereocenters. The maximum Gasteiger partial charge on any atom is 0.303 e. The van der Waals surface area contributed by atoms with E-state index < -0.39 is 5.97 Å². The molecule has 0 radical (unpaired) electrons. The first kappa shape index (κ1) is 16.1. The zero-order valence-corrected chi connectivity index (χ0v) is 13.0. The number of likely N-dealkylation sites (tertiary alicyclic amines) is 1. The molecule has 6 heteroatoms. The molecule has 1 amide bonds. The van der Waals surface area contributed by atoms with Gasteiger partial charge in [-0.05, 0) is 43.4 Å². The number of halogens is 2. The van der Waals surface area contributed by atoms with Crippen LogP contribution in [0.25, 0.3) is 0 Å². The Morgan fingerprint density at radius 2 is 2.05 bits per heavy atom. The summed E-state index contributed by atoms with van der Waals surface area (Å²) in [6.45, 7) is 1.30. The second-order valence-corrected chi connectivity index (χ2v) is 6.14. The molecule has 1 N–H and O–H groups in total. The minimum absolute atomic E-state index is 0.0754. The van der Waals surface area contributed by atoms with Crippen LogP contribution in [0, 0.1) is 5.92 Å². The minimum atomic E-state index is -0.789. The number of benzene rings is 1. The van der Waals surface area contributed by atoms with Crippen molar-refractivity contribution < 1.29 is 14.7 Å². The molecule has 1 aromatic rings. The molecule has 0 spiro atoms.